The van der Waals surface area contributed by atoms with E-state index >= 15 is 0 Å². The average Bonchev–Trinajstić information content (AvgIpc) is 2.58. The third kappa shape index (κ3) is 5.38. The molecule has 28 heavy (non-hydrogen) atoms. The largest absolute Gasteiger partial charge is 0.466 e. The highest BCUT2D eigenvalue weighted by atomic mass is 28.4. The van der Waals surface area contributed by atoms with Gasteiger partial charge < -0.3 is 9.16 Å². The van der Waals surface area contributed by atoms with Crippen molar-refractivity contribution in [2.75, 3.05) is 13.7 Å². The van der Waals surface area contributed by atoms with Crippen molar-refractivity contribution in [1.82, 2.24) is 0 Å². The highest BCUT2D eigenvalue weighted by Crippen LogP contribution is 2.62. The first-order chi connectivity index (χ1) is 12.9. The number of hydrogen-bond acceptors (Lipinski definition) is 3. The van der Waals surface area contributed by atoms with E-state index in [1.165, 1.54) is 38.4 Å². The van der Waals surface area contributed by atoms with Crippen LogP contribution in [0.15, 0.2) is 23.8 Å². The van der Waals surface area contributed by atoms with Crippen LogP contribution < -0.4 is 0 Å². The van der Waals surface area contributed by atoms with Crippen LogP contribution >= 0.6 is 0 Å². The fraction of sp³-hybridized carbons (Fsp3) is 0.792. The highest BCUT2D eigenvalue weighted by Gasteiger charge is 2.54. The summed E-state index contributed by atoms with van der Waals surface area (Å²) in [6, 6.07) is 0. The summed E-state index contributed by atoms with van der Waals surface area (Å²) in [7, 11) is -0.0813. The van der Waals surface area contributed by atoms with E-state index in [-0.39, 0.29) is 16.8 Å². The second-order valence-electron chi connectivity index (χ2n) is 10.8. The molecule has 0 aliphatic heterocycles. The van der Waals surface area contributed by atoms with Gasteiger partial charge in [0.2, 0.25) is 0 Å². The number of fused-ring (bicyclic) bond motifs is 1. The molecule has 2 aliphatic rings. The Morgan fingerprint density at radius 2 is 1.96 bits per heavy atom. The lowest BCUT2D eigenvalue weighted by Gasteiger charge is -2.59. The molecule has 0 heterocycles. The Balaban J connectivity index is 2.18. The van der Waals surface area contributed by atoms with Gasteiger partial charge in [-0.1, -0.05) is 38.0 Å². The van der Waals surface area contributed by atoms with Crippen LogP contribution in [0.1, 0.15) is 65.7 Å². The molecule has 0 amide bonds. The van der Waals surface area contributed by atoms with E-state index in [0.717, 1.165) is 31.4 Å². The highest BCUT2D eigenvalue weighted by molar-refractivity contribution is 6.69. The van der Waals surface area contributed by atoms with Gasteiger partial charge in [-0.05, 0) is 87.8 Å². The summed E-state index contributed by atoms with van der Waals surface area (Å²) in [5, 5.41) is 0. The molecule has 160 valence electrons. The number of esters is 1. The van der Waals surface area contributed by atoms with Gasteiger partial charge >= 0.3 is 5.97 Å². The minimum absolute atomic E-state index is 0.252. The second-order valence-corrected chi connectivity index (χ2v) is 15.3. The number of ether oxygens (including phenoxy) is 1. The Bertz CT molecular complexity index is 618. The van der Waals surface area contributed by atoms with E-state index < -0.39 is 8.32 Å². The maximum absolute atomic E-state index is 11.5. The predicted octanol–water partition coefficient (Wildman–Crippen LogP) is 6.52. The number of allylic oxidation sites excluding steroid dienone is 2. The van der Waals surface area contributed by atoms with Gasteiger partial charge in [0.05, 0.1) is 7.11 Å². The fourth-order valence-electron chi connectivity index (χ4n) is 5.88. The van der Waals surface area contributed by atoms with Crippen molar-refractivity contribution in [3.05, 3.63) is 23.8 Å². The van der Waals surface area contributed by atoms with Crippen molar-refractivity contribution in [2.24, 2.45) is 22.7 Å². The van der Waals surface area contributed by atoms with Gasteiger partial charge in [-0.3, -0.25) is 0 Å². The quantitative estimate of drug-likeness (QED) is 0.209. The van der Waals surface area contributed by atoms with E-state index in [9.17, 15) is 4.79 Å². The molecule has 2 fully saturated rings. The Morgan fingerprint density at radius 1 is 1.29 bits per heavy atom. The van der Waals surface area contributed by atoms with E-state index in [4.69, 9.17) is 9.16 Å². The van der Waals surface area contributed by atoms with Crippen LogP contribution in [0.3, 0.4) is 0 Å². The maximum atomic E-state index is 11.5. The Labute approximate surface area is 174 Å². The van der Waals surface area contributed by atoms with Crippen molar-refractivity contribution in [3.63, 3.8) is 0 Å². The molecule has 0 aromatic carbocycles. The molecule has 0 radical (unpaired) electrons. The van der Waals surface area contributed by atoms with Gasteiger partial charge in [0, 0.05) is 12.7 Å². The number of methoxy groups -OCH3 is 1. The van der Waals surface area contributed by atoms with Gasteiger partial charge in [-0.25, -0.2) is 4.79 Å². The molecule has 0 spiro atoms. The molecule has 4 heteroatoms. The van der Waals surface area contributed by atoms with Crippen molar-refractivity contribution >= 4 is 14.3 Å². The molecule has 0 saturated heterocycles. The third-order valence-corrected chi connectivity index (χ3v) is 8.38. The SMILES string of the molecule is C=C1CCC2[C@](C)(CO[Si](C)(C)C)CCC[C@@]2(C)C1CC/C(C)=C/C(=O)OC. The van der Waals surface area contributed by atoms with E-state index in [1.54, 1.807) is 6.08 Å². The minimum Gasteiger partial charge on any atom is -0.466 e. The number of hydrogen-bond donors (Lipinski definition) is 0. The summed E-state index contributed by atoms with van der Waals surface area (Å²) >= 11 is 0. The Kier molecular flexibility index (Phi) is 7.41. The van der Waals surface area contributed by atoms with Gasteiger partial charge in [0.15, 0.2) is 8.32 Å². The number of rotatable bonds is 7. The summed E-state index contributed by atoms with van der Waals surface area (Å²) < 4.78 is 11.2. The number of carbonyl (C=O) groups is 1. The van der Waals surface area contributed by atoms with Crippen LogP contribution in [-0.2, 0) is 14.0 Å². The van der Waals surface area contributed by atoms with Crippen LogP contribution in [-0.4, -0.2) is 28.0 Å². The molecule has 0 aromatic heterocycles. The monoisotopic (exact) mass is 406 g/mol. The lowest BCUT2D eigenvalue weighted by molar-refractivity contribution is -0.134. The third-order valence-electron chi connectivity index (χ3n) is 7.37. The van der Waals surface area contributed by atoms with E-state index in [1.807, 2.05) is 6.92 Å². The Hall–Kier alpha value is -0.873. The molecule has 0 bridgehead atoms. The lowest BCUT2D eigenvalue weighted by atomic mass is 9.47. The molecule has 0 N–H and O–H groups in total. The zero-order valence-electron chi connectivity index (χ0n) is 19.3. The minimum atomic E-state index is -1.52. The van der Waals surface area contributed by atoms with E-state index in [0.29, 0.717) is 11.8 Å². The summed E-state index contributed by atoms with van der Waals surface area (Å²) in [4.78, 5) is 11.5. The van der Waals surface area contributed by atoms with Gasteiger partial charge in [-0.15, -0.1) is 0 Å². The van der Waals surface area contributed by atoms with Crippen LogP contribution in [0.25, 0.3) is 0 Å². The normalized spacial score (nSPS) is 34.1. The molecule has 4 atom stereocenters. The van der Waals surface area contributed by atoms with Crippen molar-refractivity contribution in [1.29, 1.82) is 0 Å². The molecular weight excluding hydrogens is 364 g/mol. The molecule has 2 saturated carbocycles. The molecule has 0 aromatic rings. The van der Waals surface area contributed by atoms with Crippen LogP contribution in [0, 0.1) is 22.7 Å². The average molecular weight is 407 g/mol. The molecular formula is C24H42O3Si. The molecule has 2 aliphatic carbocycles. The molecule has 2 unspecified atom stereocenters. The van der Waals surface area contributed by atoms with Crippen LogP contribution in [0.2, 0.25) is 19.6 Å². The van der Waals surface area contributed by atoms with Crippen molar-refractivity contribution in [3.8, 4) is 0 Å². The first-order valence-corrected chi connectivity index (χ1v) is 14.4. The smallest absolute Gasteiger partial charge is 0.330 e. The molecule has 2 rings (SSSR count). The Morgan fingerprint density at radius 3 is 2.57 bits per heavy atom. The topological polar surface area (TPSA) is 35.5 Å². The molecule has 3 nitrogen and oxygen atoms in total. The second kappa shape index (κ2) is 8.87. The van der Waals surface area contributed by atoms with E-state index in [2.05, 4.69) is 40.1 Å². The summed E-state index contributed by atoms with van der Waals surface area (Å²) in [5.41, 5.74) is 3.07. The maximum Gasteiger partial charge on any atom is 0.330 e. The fourth-order valence-corrected chi connectivity index (χ4v) is 6.64. The zero-order valence-corrected chi connectivity index (χ0v) is 20.3. The lowest BCUT2D eigenvalue weighted by Crippen LogP contribution is -2.52. The van der Waals surface area contributed by atoms with Gasteiger partial charge in [0.25, 0.3) is 0 Å². The summed E-state index contributed by atoms with van der Waals surface area (Å²) in [6.45, 7) is 19.3. The standard InChI is InChI=1S/C24H42O3Si/c1-18(16-22(25)26-5)10-12-20-19(2)11-13-21-23(3,17-27-28(6,7)8)14-9-15-24(20,21)4/h16,20-21H,2,9-15,17H2,1,3-8H3/b18-16+/t20?,21?,23-,24-/m0/s1. The number of carbonyl (C=O) groups excluding carboxylic acids is 1. The first kappa shape index (κ1) is 23.4. The zero-order chi connectivity index (χ0) is 21.2. The van der Waals surface area contributed by atoms with Crippen LogP contribution in [0.4, 0.5) is 0 Å². The van der Waals surface area contributed by atoms with Crippen molar-refractivity contribution in [2.45, 2.75) is 85.4 Å². The predicted molar refractivity (Wildman–Crippen MR) is 120 cm³/mol. The van der Waals surface area contributed by atoms with Gasteiger partial charge in [-0.2, -0.15) is 0 Å². The first-order valence-electron chi connectivity index (χ1n) is 11.0. The summed E-state index contributed by atoms with van der Waals surface area (Å²) in [6.07, 6.45) is 9.86. The van der Waals surface area contributed by atoms with Crippen LogP contribution in [0.5, 0.6) is 0 Å². The van der Waals surface area contributed by atoms with Gasteiger partial charge in [0.1, 0.15) is 0 Å². The summed E-state index contributed by atoms with van der Waals surface area (Å²) in [5.74, 6) is 0.960. The van der Waals surface area contributed by atoms with Crippen molar-refractivity contribution < 1.29 is 14.0 Å².